The van der Waals surface area contributed by atoms with Crippen molar-refractivity contribution in [3.8, 4) is 0 Å². The van der Waals surface area contributed by atoms with Gasteiger partial charge in [-0.05, 0) is 56.7 Å². The van der Waals surface area contributed by atoms with Crippen LogP contribution in [-0.2, 0) is 32.4 Å². The Labute approximate surface area is 204 Å². The van der Waals surface area contributed by atoms with Gasteiger partial charge < -0.3 is 10.1 Å². The first-order chi connectivity index (χ1) is 15.7. The lowest BCUT2D eigenvalue weighted by Gasteiger charge is -2.22. The molecule has 1 aliphatic carbocycles. The fraction of sp³-hybridized carbons (Fsp3) is 0.450. The maximum atomic E-state index is 13.2. The molecular weight excluding hydrogens is 510 g/mol. The molecule has 3 heterocycles. The third-order valence-corrected chi connectivity index (χ3v) is 10.3. The number of halogens is 1. The van der Waals surface area contributed by atoms with E-state index >= 15 is 0 Å². The zero-order valence-corrected chi connectivity index (χ0v) is 20.9. The summed E-state index contributed by atoms with van der Waals surface area (Å²) >= 11 is 8.13. The average Bonchev–Trinajstić information content (AvgIpc) is 3.51. The first-order valence-electron chi connectivity index (χ1n) is 10.4. The normalized spacial score (nSPS) is 18.2. The molecule has 2 aromatic rings. The number of nitrogens with zero attached hydrogens (tertiary/aromatic N) is 1. The molecule has 0 aromatic carbocycles. The molecule has 0 radical (unpaired) electrons. The molecular formula is C20H22ClN3O6S3. The van der Waals surface area contributed by atoms with Crippen LogP contribution < -0.4 is 10.6 Å². The van der Waals surface area contributed by atoms with Crippen LogP contribution in [0, 0.1) is 0 Å². The van der Waals surface area contributed by atoms with Crippen LogP contribution in [0.5, 0.6) is 0 Å². The lowest BCUT2D eigenvalue weighted by Crippen LogP contribution is -2.43. The predicted octanol–water partition coefficient (Wildman–Crippen LogP) is 3.63. The van der Waals surface area contributed by atoms with Crippen molar-refractivity contribution < 1.29 is 27.5 Å². The number of carbonyl (C=O) groups excluding carboxylic acids is 3. The molecule has 13 heteroatoms. The fourth-order valence-corrected chi connectivity index (χ4v) is 8.65. The molecule has 1 saturated heterocycles. The number of ether oxygens (including phenoxy) is 1. The minimum absolute atomic E-state index is 0.0804. The monoisotopic (exact) mass is 531 g/mol. The van der Waals surface area contributed by atoms with Crippen LogP contribution in [0.1, 0.15) is 47.0 Å². The summed E-state index contributed by atoms with van der Waals surface area (Å²) in [6, 6.07) is 2.03. The molecule has 0 bridgehead atoms. The minimum atomic E-state index is -3.88. The highest BCUT2D eigenvalue weighted by atomic mass is 35.5. The van der Waals surface area contributed by atoms with Gasteiger partial charge in [-0.2, -0.15) is 4.31 Å². The van der Waals surface area contributed by atoms with Gasteiger partial charge in [0.15, 0.2) is 0 Å². The van der Waals surface area contributed by atoms with Gasteiger partial charge in [0, 0.05) is 11.4 Å². The molecule has 2 aromatic heterocycles. The van der Waals surface area contributed by atoms with E-state index in [1.807, 2.05) is 0 Å². The fourth-order valence-electron chi connectivity index (χ4n) is 4.09. The van der Waals surface area contributed by atoms with E-state index in [2.05, 4.69) is 10.6 Å². The summed E-state index contributed by atoms with van der Waals surface area (Å²) in [7, 11) is -3.88. The number of hydrogen-bond acceptors (Lipinski definition) is 8. The van der Waals surface area contributed by atoms with Gasteiger partial charge in [-0.3, -0.25) is 14.9 Å². The second-order valence-corrected chi connectivity index (χ2v) is 12.5. The van der Waals surface area contributed by atoms with Crippen LogP contribution in [0.15, 0.2) is 16.3 Å². The van der Waals surface area contributed by atoms with Crippen LogP contribution in [0.3, 0.4) is 0 Å². The standard InChI is InChI=1S/C20H22ClN3O6S3/c1-2-30-20(27)23-18(26)16-11-5-3-7-13(11)31-19(16)22-17(25)12-6-4-10-24(12)33(28,29)15-9-8-14(21)32-15/h8-9,12H,2-7,10H2,1H3,(H,22,25)(H,23,26,27). The molecule has 1 fully saturated rings. The van der Waals surface area contributed by atoms with Crippen molar-refractivity contribution in [2.45, 2.75) is 49.3 Å². The van der Waals surface area contributed by atoms with Gasteiger partial charge in [0.05, 0.1) is 16.5 Å². The van der Waals surface area contributed by atoms with E-state index in [0.717, 1.165) is 34.6 Å². The maximum absolute atomic E-state index is 13.2. The van der Waals surface area contributed by atoms with E-state index in [0.29, 0.717) is 28.6 Å². The van der Waals surface area contributed by atoms with Gasteiger partial charge >= 0.3 is 6.09 Å². The summed E-state index contributed by atoms with van der Waals surface area (Å²) in [6.45, 7) is 1.96. The number of alkyl carbamates (subject to hydrolysis) is 1. The zero-order valence-electron chi connectivity index (χ0n) is 17.7. The third kappa shape index (κ3) is 4.80. The largest absolute Gasteiger partial charge is 0.450 e. The molecule has 4 rings (SSSR count). The van der Waals surface area contributed by atoms with E-state index in [1.165, 1.54) is 27.8 Å². The molecule has 1 atom stereocenters. The molecule has 3 amide bonds. The lowest BCUT2D eigenvalue weighted by atomic mass is 10.1. The van der Waals surface area contributed by atoms with Gasteiger partial charge in [0.2, 0.25) is 5.91 Å². The highest BCUT2D eigenvalue weighted by Gasteiger charge is 2.41. The Balaban J connectivity index is 1.57. The average molecular weight is 532 g/mol. The van der Waals surface area contributed by atoms with E-state index in [9.17, 15) is 22.8 Å². The Bertz CT molecular complexity index is 1210. The number of thiophene rings is 2. The summed E-state index contributed by atoms with van der Waals surface area (Å²) in [6.07, 6.45) is 2.36. The summed E-state index contributed by atoms with van der Waals surface area (Å²) in [4.78, 5) is 38.7. The van der Waals surface area contributed by atoms with Crippen molar-refractivity contribution in [2.24, 2.45) is 0 Å². The Kier molecular flexibility index (Phi) is 7.10. The number of amides is 3. The molecule has 2 aliphatic rings. The molecule has 0 spiro atoms. The number of sulfonamides is 1. The first kappa shape index (κ1) is 24.1. The molecule has 9 nitrogen and oxygen atoms in total. The molecule has 1 aliphatic heterocycles. The Hall–Kier alpha value is -1.99. The number of hydrogen-bond donors (Lipinski definition) is 2. The smallest absolute Gasteiger partial charge is 0.414 e. The van der Waals surface area contributed by atoms with Crippen LogP contribution in [-0.4, -0.2) is 49.8 Å². The number of carbonyl (C=O) groups is 3. The summed E-state index contributed by atoms with van der Waals surface area (Å²) < 4.78 is 32.5. The van der Waals surface area contributed by atoms with Gasteiger partial charge in [-0.15, -0.1) is 22.7 Å². The van der Waals surface area contributed by atoms with Crippen LogP contribution in [0.2, 0.25) is 4.34 Å². The van der Waals surface area contributed by atoms with Gasteiger partial charge in [0.1, 0.15) is 15.3 Å². The molecule has 178 valence electrons. The first-order valence-corrected chi connectivity index (χ1v) is 13.9. The quantitative estimate of drug-likeness (QED) is 0.587. The summed E-state index contributed by atoms with van der Waals surface area (Å²) in [5.41, 5.74) is 1.05. The van der Waals surface area contributed by atoms with Crippen LogP contribution >= 0.6 is 34.3 Å². The van der Waals surface area contributed by atoms with E-state index < -0.39 is 34.0 Å². The second-order valence-electron chi connectivity index (χ2n) is 7.56. The number of imide groups is 1. The van der Waals surface area contributed by atoms with E-state index in [4.69, 9.17) is 16.3 Å². The van der Waals surface area contributed by atoms with Crippen molar-refractivity contribution in [1.29, 1.82) is 0 Å². The topological polar surface area (TPSA) is 122 Å². The maximum Gasteiger partial charge on any atom is 0.414 e. The van der Waals surface area contributed by atoms with Gasteiger partial charge in [0.25, 0.3) is 15.9 Å². The Morgan fingerprint density at radius 1 is 1.21 bits per heavy atom. The van der Waals surface area contributed by atoms with Crippen molar-refractivity contribution in [3.63, 3.8) is 0 Å². The Morgan fingerprint density at radius 3 is 2.70 bits per heavy atom. The molecule has 2 N–H and O–H groups in total. The highest BCUT2D eigenvalue weighted by Crippen LogP contribution is 2.40. The van der Waals surface area contributed by atoms with Crippen molar-refractivity contribution >= 4 is 67.2 Å². The van der Waals surface area contributed by atoms with Crippen molar-refractivity contribution in [3.05, 3.63) is 32.5 Å². The summed E-state index contributed by atoms with van der Waals surface area (Å²) in [5.74, 6) is -1.16. The van der Waals surface area contributed by atoms with E-state index in [-0.39, 0.29) is 22.9 Å². The summed E-state index contributed by atoms with van der Waals surface area (Å²) in [5, 5.41) is 5.27. The Morgan fingerprint density at radius 2 is 2.00 bits per heavy atom. The van der Waals surface area contributed by atoms with Gasteiger partial charge in [-0.1, -0.05) is 11.6 Å². The van der Waals surface area contributed by atoms with Crippen LogP contribution in [0.4, 0.5) is 9.80 Å². The second kappa shape index (κ2) is 9.71. The number of fused-ring (bicyclic) bond motifs is 1. The highest BCUT2D eigenvalue weighted by molar-refractivity contribution is 7.91. The van der Waals surface area contributed by atoms with Crippen molar-refractivity contribution in [1.82, 2.24) is 9.62 Å². The number of aryl methyl sites for hydroxylation is 1. The number of nitrogens with one attached hydrogen (secondary N) is 2. The third-order valence-electron chi connectivity index (χ3n) is 5.49. The number of anilines is 1. The molecule has 0 saturated carbocycles. The lowest BCUT2D eigenvalue weighted by molar-refractivity contribution is -0.119. The van der Waals surface area contributed by atoms with Crippen molar-refractivity contribution in [2.75, 3.05) is 18.5 Å². The SMILES string of the molecule is CCOC(=O)NC(=O)c1c(NC(=O)C2CCCN2S(=O)(=O)c2ccc(Cl)s2)sc2c1CCC2. The molecule has 33 heavy (non-hydrogen) atoms. The predicted molar refractivity (Wildman–Crippen MR) is 126 cm³/mol. The van der Waals surface area contributed by atoms with Crippen LogP contribution in [0.25, 0.3) is 0 Å². The zero-order chi connectivity index (χ0) is 23.8. The van der Waals surface area contributed by atoms with E-state index in [1.54, 1.807) is 6.92 Å². The minimum Gasteiger partial charge on any atom is -0.450 e. The molecule has 1 unspecified atom stereocenters. The van der Waals surface area contributed by atoms with Gasteiger partial charge in [-0.25, -0.2) is 13.2 Å². The number of rotatable bonds is 6.